The van der Waals surface area contributed by atoms with E-state index in [0.29, 0.717) is 11.3 Å². The third kappa shape index (κ3) is 7.16. The number of rotatable bonds is 9. The summed E-state index contributed by atoms with van der Waals surface area (Å²) in [5, 5.41) is 12.8. The number of nitrogens with one attached hydrogen (secondary N) is 1. The van der Waals surface area contributed by atoms with E-state index in [9.17, 15) is 27.5 Å². The molecule has 2 aromatic rings. The van der Waals surface area contributed by atoms with Gasteiger partial charge in [-0.1, -0.05) is 13.8 Å². The lowest BCUT2D eigenvalue weighted by atomic mass is 9.90. The number of carbonyl (C=O) groups excluding carboxylic acids is 1. The van der Waals surface area contributed by atoms with E-state index < -0.39 is 35.7 Å². The minimum atomic E-state index is -5.14. The van der Waals surface area contributed by atoms with Crippen LogP contribution >= 0.6 is 0 Å². The van der Waals surface area contributed by atoms with Crippen LogP contribution in [0.2, 0.25) is 0 Å². The van der Waals surface area contributed by atoms with Crippen LogP contribution in [0.3, 0.4) is 0 Å². The standard InChI is InChI=1S/C26H34F4N2O4/c1-15(2)19-13-22(32-17(4)16(19)3)25(34,26(28,29)30)14-31-23(33)18-8-9-21(20(27)12-18)35-10-11-36-24(5,6)7/h8-9,12-13,15,34H,10-11,14H2,1-7H3,(H,31,33). The fourth-order valence-corrected chi connectivity index (χ4v) is 3.48. The smallest absolute Gasteiger partial charge is 0.424 e. The highest BCUT2D eigenvalue weighted by Gasteiger charge is 2.56. The third-order valence-corrected chi connectivity index (χ3v) is 5.65. The first-order valence-corrected chi connectivity index (χ1v) is 11.6. The number of nitrogens with zero attached hydrogens (tertiary/aromatic N) is 1. The van der Waals surface area contributed by atoms with Gasteiger partial charge in [-0.05, 0) is 75.9 Å². The molecule has 0 aliphatic heterocycles. The Hall–Kier alpha value is -2.72. The first-order chi connectivity index (χ1) is 16.5. The van der Waals surface area contributed by atoms with Crippen molar-refractivity contribution in [2.75, 3.05) is 19.8 Å². The SMILES string of the molecule is Cc1nc(C(O)(CNC(=O)c2ccc(OCCOC(C)(C)C)c(F)c2)C(F)(F)F)cc(C(C)C)c1C. The van der Waals surface area contributed by atoms with Crippen molar-refractivity contribution < 1.29 is 36.9 Å². The Morgan fingerprint density at radius 3 is 2.28 bits per heavy atom. The number of aliphatic hydroxyl groups is 1. The molecule has 2 N–H and O–H groups in total. The van der Waals surface area contributed by atoms with Crippen LogP contribution in [0.1, 0.15) is 73.4 Å². The predicted molar refractivity (Wildman–Crippen MR) is 128 cm³/mol. The Morgan fingerprint density at radius 2 is 1.75 bits per heavy atom. The van der Waals surface area contributed by atoms with Gasteiger partial charge < -0.3 is 19.9 Å². The zero-order chi connectivity index (χ0) is 27.5. The van der Waals surface area contributed by atoms with Gasteiger partial charge >= 0.3 is 6.18 Å². The van der Waals surface area contributed by atoms with Crippen molar-refractivity contribution in [2.45, 2.75) is 71.8 Å². The second-order valence-corrected chi connectivity index (χ2v) is 9.96. The molecule has 0 saturated carbocycles. The van der Waals surface area contributed by atoms with Gasteiger partial charge in [-0.3, -0.25) is 9.78 Å². The van der Waals surface area contributed by atoms with Crippen LogP contribution in [-0.4, -0.2) is 47.5 Å². The van der Waals surface area contributed by atoms with Crippen molar-refractivity contribution >= 4 is 5.91 Å². The van der Waals surface area contributed by atoms with Crippen molar-refractivity contribution in [3.05, 3.63) is 58.2 Å². The molecule has 1 amide bonds. The maximum Gasteiger partial charge on any atom is 0.424 e. The number of aromatic nitrogens is 1. The average Bonchev–Trinajstić information content (AvgIpc) is 2.75. The van der Waals surface area contributed by atoms with Crippen LogP contribution in [0.4, 0.5) is 17.6 Å². The van der Waals surface area contributed by atoms with Gasteiger partial charge in [0.25, 0.3) is 5.91 Å². The summed E-state index contributed by atoms with van der Waals surface area (Å²) >= 11 is 0. The van der Waals surface area contributed by atoms with Gasteiger partial charge in [-0.15, -0.1) is 0 Å². The summed E-state index contributed by atoms with van der Waals surface area (Å²) in [4.78, 5) is 16.5. The molecule has 0 bridgehead atoms. The molecule has 0 aliphatic carbocycles. The number of amides is 1. The number of alkyl halides is 3. The second-order valence-electron chi connectivity index (χ2n) is 9.96. The molecule has 0 aliphatic rings. The highest BCUT2D eigenvalue weighted by atomic mass is 19.4. The Kier molecular flexibility index (Phi) is 9.12. The Balaban J connectivity index is 2.20. The molecule has 0 radical (unpaired) electrons. The lowest BCUT2D eigenvalue weighted by Crippen LogP contribution is -2.51. The minimum Gasteiger partial charge on any atom is -0.488 e. The van der Waals surface area contributed by atoms with E-state index in [1.165, 1.54) is 18.2 Å². The quantitative estimate of drug-likeness (QED) is 0.349. The van der Waals surface area contributed by atoms with E-state index in [2.05, 4.69) is 10.3 Å². The van der Waals surface area contributed by atoms with Crippen LogP contribution in [0.5, 0.6) is 5.75 Å². The monoisotopic (exact) mass is 514 g/mol. The molecule has 10 heteroatoms. The van der Waals surface area contributed by atoms with Crippen LogP contribution < -0.4 is 10.1 Å². The fourth-order valence-electron chi connectivity index (χ4n) is 3.48. The van der Waals surface area contributed by atoms with Crippen molar-refractivity contribution in [3.63, 3.8) is 0 Å². The Labute approximate surface area is 209 Å². The maximum absolute atomic E-state index is 14.4. The molecular weight excluding hydrogens is 480 g/mol. The van der Waals surface area contributed by atoms with E-state index in [-0.39, 0.29) is 36.0 Å². The van der Waals surface area contributed by atoms with Crippen molar-refractivity contribution in [2.24, 2.45) is 0 Å². The number of benzene rings is 1. The molecule has 0 saturated heterocycles. The molecular formula is C26H34F4N2O4. The van der Waals surface area contributed by atoms with Gasteiger partial charge in [0, 0.05) is 11.3 Å². The molecule has 0 fully saturated rings. The summed E-state index contributed by atoms with van der Waals surface area (Å²) in [5.41, 5.74) is -3.00. The van der Waals surface area contributed by atoms with Crippen LogP contribution in [0, 0.1) is 19.7 Å². The third-order valence-electron chi connectivity index (χ3n) is 5.65. The topological polar surface area (TPSA) is 80.7 Å². The summed E-state index contributed by atoms with van der Waals surface area (Å²) in [6.45, 7) is 11.6. The first-order valence-electron chi connectivity index (χ1n) is 11.6. The molecule has 1 aromatic carbocycles. The van der Waals surface area contributed by atoms with Crippen molar-refractivity contribution in [1.29, 1.82) is 0 Å². The molecule has 1 atom stereocenters. The Bertz CT molecular complexity index is 1080. The molecule has 1 heterocycles. The second kappa shape index (κ2) is 11.1. The number of pyridine rings is 1. The van der Waals surface area contributed by atoms with Crippen LogP contribution in [0.25, 0.3) is 0 Å². The highest BCUT2D eigenvalue weighted by Crippen LogP contribution is 2.39. The molecule has 0 spiro atoms. The van der Waals surface area contributed by atoms with Crippen LogP contribution in [-0.2, 0) is 10.3 Å². The van der Waals surface area contributed by atoms with Crippen LogP contribution in [0.15, 0.2) is 24.3 Å². The summed E-state index contributed by atoms with van der Waals surface area (Å²) < 4.78 is 67.3. The number of carbonyl (C=O) groups is 1. The van der Waals surface area contributed by atoms with E-state index >= 15 is 0 Å². The maximum atomic E-state index is 14.4. The molecule has 1 aromatic heterocycles. The summed E-state index contributed by atoms with van der Waals surface area (Å²) in [6.07, 6.45) is -5.14. The highest BCUT2D eigenvalue weighted by molar-refractivity contribution is 5.94. The first kappa shape index (κ1) is 29.5. The predicted octanol–water partition coefficient (Wildman–Crippen LogP) is 5.33. The van der Waals surface area contributed by atoms with Gasteiger partial charge in [0.05, 0.1) is 24.4 Å². The zero-order valence-corrected chi connectivity index (χ0v) is 21.6. The Morgan fingerprint density at radius 1 is 1.11 bits per heavy atom. The normalized spacial score (nSPS) is 14.0. The summed E-state index contributed by atoms with van der Waals surface area (Å²) in [7, 11) is 0. The summed E-state index contributed by atoms with van der Waals surface area (Å²) in [5.74, 6) is -2.09. The number of halogens is 4. The van der Waals surface area contributed by atoms with Gasteiger partial charge in [-0.25, -0.2) is 4.39 Å². The number of aryl methyl sites for hydroxylation is 1. The largest absolute Gasteiger partial charge is 0.488 e. The molecule has 36 heavy (non-hydrogen) atoms. The van der Waals surface area contributed by atoms with E-state index in [1.54, 1.807) is 13.8 Å². The van der Waals surface area contributed by atoms with E-state index in [4.69, 9.17) is 9.47 Å². The average molecular weight is 515 g/mol. The van der Waals surface area contributed by atoms with E-state index in [1.807, 2.05) is 34.6 Å². The molecule has 1 unspecified atom stereocenters. The lowest BCUT2D eigenvalue weighted by molar-refractivity contribution is -0.265. The zero-order valence-electron chi connectivity index (χ0n) is 21.6. The number of hydrogen-bond donors (Lipinski definition) is 2. The van der Waals surface area contributed by atoms with Gasteiger partial charge in [0.2, 0.25) is 5.60 Å². The minimum absolute atomic E-state index is 0.0691. The summed E-state index contributed by atoms with van der Waals surface area (Å²) in [6, 6.07) is 4.49. The molecule has 200 valence electrons. The van der Waals surface area contributed by atoms with Crippen molar-refractivity contribution in [3.8, 4) is 5.75 Å². The lowest BCUT2D eigenvalue weighted by Gasteiger charge is -2.31. The van der Waals surface area contributed by atoms with Gasteiger partial charge in [0.1, 0.15) is 6.61 Å². The van der Waals surface area contributed by atoms with Gasteiger partial charge in [0.15, 0.2) is 11.6 Å². The number of ether oxygens (including phenoxy) is 2. The van der Waals surface area contributed by atoms with Crippen molar-refractivity contribution in [1.82, 2.24) is 10.3 Å². The molecule has 2 rings (SSSR count). The van der Waals surface area contributed by atoms with Gasteiger partial charge in [-0.2, -0.15) is 13.2 Å². The molecule has 6 nitrogen and oxygen atoms in total. The van der Waals surface area contributed by atoms with E-state index in [0.717, 1.165) is 11.6 Å². The fraction of sp³-hybridized carbons (Fsp3) is 0.538. The number of hydrogen-bond acceptors (Lipinski definition) is 5.